The normalized spacial score (nSPS) is 11.3. The zero-order chi connectivity index (χ0) is 30.0. The number of nitrogens with one attached hydrogen (secondary N) is 1. The van der Waals surface area contributed by atoms with Gasteiger partial charge in [-0.1, -0.05) is 18.2 Å². The molecule has 0 saturated heterocycles. The van der Waals surface area contributed by atoms with Gasteiger partial charge in [0.1, 0.15) is 28.0 Å². The standard InChI is InChI=1S/C30H24F2N4O5S/c1-3-41-30(37)19-6-4-5-18(12-19)23-13-20-11-17(7-9-25(20)35-28(23)33)21-14-26(29(40-2)34-16-21)36-42(38,39)27-10-8-22(31)15-24(27)32/h4-16,36H,3H2,1-2H3,(H2,33,35). The maximum absolute atomic E-state index is 14.3. The van der Waals surface area contributed by atoms with E-state index in [1.54, 1.807) is 37.3 Å². The van der Waals surface area contributed by atoms with E-state index < -0.39 is 32.5 Å². The molecule has 0 bridgehead atoms. The number of fused-ring (bicyclic) bond motifs is 1. The van der Waals surface area contributed by atoms with Crippen molar-refractivity contribution in [3.8, 4) is 28.1 Å². The van der Waals surface area contributed by atoms with Crippen LogP contribution < -0.4 is 15.2 Å². The summed E-state index contributed by atoms with van der Waals surface area (Å²) in [6.07, 6.45) is 1.49. The third-order valence-electron chi connectivity index (χ3n) is 6.33. The molecular formula is C30H24F2N4O5S. The van der Waals surface area contributed by atoms with Gasteiger partial charge < -0.3 is 15.2 Å². The van der Waals surface area contributed by atoms with Gasteiger partial charge in [-0.25, -0.2) is 32.0 Å². The molecule has 0 saturated carbocycles. The number of nitrogens with zero attached hydrogens (tertiary/aromatic N) is 2. The van der Waals surface area contributed by atoms with Gasteiger partial charge in [-0.3, -0.25) is 4.72 Å². The molecule has 3 aromatic carbocycles. The lowest BCUT2D eigenvalue weighted by Gasteiger charge is -2.14. The summed E-state index contributed by atoms with van der Waals surface area (Å²) in [5.41, 5.74) is 9.65. The summed E-state index contributed by atoms with van der Waals surface area (Å²) < 4.78 is 66.0. The molecule has 5 rings (SSSR count). The summed E-state index contributed by atoms with van der Waals surface area (Å²) >= 11 is 0. The number of hydrogen-bond donors (Lipinski definition) is 2. The molecule has 2 heterocycles. The van der Waals surface area contributed by atoms with Crippen molar-refractivity contribution in [3.63, 3.8) is 0 Å². The minimum absolute atomic E-state index is 0.0503. The van der Waals surface area contributed by atoms with Crippen molar-refractivity contribution in [1.29, 1.82) is 0 Å². The number of nitrogen functional groups attached to an aromatic ring is 1. The molecule has 12 heteroatoms. The van der Waals surface area contributed by atoms with Gasteiger partial charge in [-0.2, -0.15) is 0 Å². The van der Waals surface area contributed by atoms with E-state index in [0.29, 0.717) is 44.8 Å². The van der Waals surface area contributed by atoms with Crippen molar-refractivity contribution < 1.29 is 31.5 Å². The zero-order valence-electron chi connectivity index (χ0n) is 22.4. The van der Waals surface area contributed by atoms with E-state index in [-0.39, 0.29) is 24.0 Å². The van der Waals surface area contributed by atoms with Crippen molar-refractivity contribution in [2.45, 2.75) is 11.8 Å². The average molecular weight is 591 g/mol. The molecule has 5 aromatic rings. The predicted molar refractivity (Wildman–Crippen MR) is 154 cm³/mol. The van der Waals surface area contributed by atoms with E-state index in [0.717, 1.165) is 12.1 Å². The van der Waals surface area contributed by atoms with Crippen LogP contribution in [0.1, 0.15) is 17.3 Å². The SMILES string of the molecule is CCOC(=O)c1cccc(-c2cc3cc(-c4cnc(OC)c(NS(=O)(=O)c5ccc(F)cc5F)c4)ccc3nc2N)c1. The first-order chi connectivity index (χ1) is 20.1. The van der Waals surface area contributed by atoms with E-state index in [1.807, 2.05) is 18.2 Å². The van der Waals surface area contributed by atoms with Gasteiger partial charge in [0.25, 0.3) is 10.0 Å². The van der Waals surface area contributed by atoms with Gasteiger partial charge >= 0.3 is 5.97 Å². The first-order valence-corrected chi connectivity index (χ1v) is 14.1. The number of ether oxygens (including phenoxy) is 2. The number of pyridine rings is 2. The van der Waals surface area contributed by atoms with Crippen molar-refractivity contribution in [3.05, 3.63) is 96.2 Å². The highest BCUT2D eigenvalue weighted by Crippen LogP contribution is 2.34. The second-order valence-electron chi connectivity index (χ2n) is 9.09. The molecule has 9 nitrogen and oxygen atoms in total. The minimum atomic E-state index is -4.45. The minimum Gasteiger partial charge on any atom is -0.480 e. The number of esters is 1. The number of sulfonamides is 1. The van der Waals surface area contributed by atoms with Crippen LogP contribution in [0.3, 0.4) is 0 Å². The third-order valence-corrected chi connectivity index (χ3v) is 7.73. The highest BCUT2D eigenvalue weighted by atomic mass is 32.2. The van der Waals surface area contributed by atoms with Crippen LogP contribution in [-0.2, 0) is 14.8 Å². The Kier molecular flexibility index (Phi) is 7.72. The van der Waals surface area contributed by atoms with E-state index >= 15 is 0 Å². The summed E-state index contributed by atoms with van der Waals surface area (Å²) in [5, 5.41) is 0.713. The average Bonchev–Trinajstić information content (AvgIpc) is 2.96. The summed E-state index contributed by atoms with van der Waals surface area (Å²) in [7, 11) is -3.14. The zero-order valence-corrected chi connectivity index (χ0v) is 23.2. The smallest absolute Gasteiger partial charge is 0.338 e. The van der Waals surface area contributed by atoms with Crippen molar-refractivity contribution in [2.75, 3.05) is 24.2 Å². The lowest BCUT2D eigenvalue weighted by molar-refractivity contribution is 0.0526. The Morgan fingerprint density at radius 1 is 0.976 bits per heavy atom. The first kappa shape index (κ1) is 28.4. The van der Waals surface area contributed by atoms with E-state index in [4.69, 9.17) is 15.2 Å². The van der Waals surface area contributed by atoms with E-state index in [2.05, 4.69) is 14.7 Å². The van der Waals surface area contributed by atoms with Crippen LogP contribution in [0.15, 0.2) is 83.9 Å². The Morgan fingerprint density at radius 3 is 2.52 bits per heavy atom. The fraction of sp³-hybridized carbons (Fsp3) is 0.100. The van der Waals surface area contributed by atoms with Gasteiger partial charge in [0.05, 0.1) is 24.8 Å². The quantitative estimate of drug-likeness (QED) is 0.216. The van der Waals surface area contributed by atoms with Crippen LogP contribution in [0.5, 0.6) is 5.88 Å². The van der Waals surface area contributed by atoms with Crippen LogP contribution >= 0.6 is 0 Å². The molecule has 0 aliphatic carbocycles. The highest BCUT2D eigenvalue weighted by Gasteiger charge is 2.22. The first-order valence-electron chi connectivity index (χ1n) is 12.6. The Bertz CT molecular complexity index is 1950. The van der Waals surface area contributed by atoms with Gasteiger partial charge in [0.15, 0.2) is 0 Å². The lowest BCUT2D eigenvalue weighted by atomic mass is 9.99. The highest BCUT2D eigenvalue weighted by molar-refractivity contribution is 7.92. The number of anilines is 2. The van der Waals surface area contributed by atoms with E-state index in [1.165, 1.54) is 19.4 Å². The van der Waals surface area contributed by atoms with Crippen LogP contribution in [0, 0.1) is 11.6 Å². The summed E-state index contributed by atoms with van der Waals surface area (Å²) in [4.78, 5) is 20.2. The molecular weight excluding hydrogens is 566 g/mol. The number of halogens is 2. The van der Waals surface area contributed by atoms with E-state index in [9.17, 15) is 22.0 Å². The molecule has 214 valence electrons. The monoisotopic (exact) mass is 590 g/mol. The second kappa shape index (κ2) is 11.4. The summed E-state index contributed by atoms with van der Waals surface area (Å²) in [6.45, 7) is 1.98. The Labute approximate surface area is 240 Å². The molecule has 0 radical (unpaired) electrons. The number of carbonyl (C=O) groups is 1. The van der Waals surface area contributed by atoms with Crippen molar-refractivity contribution in [2.24, 2.45) is 0 Å². The van der Waals surface area contributed by atoms with Crippen LogP contribution in [0.2, 0.25) is 0 Å². The maximum atomic E-state index is 14.3. The van der Waals surface area contributed by atoms with Crippen LogP contribution in [0.4, 0.5) is 20.3 Å². The Balaban J connectivity index is 1.53. The van der Waals surface area contributed by atoms with Gasteiger partial charge in [-0.15, -0.1) is 0 Å². The van der Waals surface area contributed by atoms with Gasteiger partial charge in [0.2, 0.25) is 5.88 Å². The van der Waals surface area contributed by atoms with Crippen molar-refractivity contribution >= 4 is 38.4 Å². The molecule has 0 atom stereocenters. The number of rotatable bonds is 8. The van der Waals surface area contributed by atoms with Crippen LogP contribution in [-0.4, -0.2) is 38.1 Å². The largest absolute Gasteiger partial charge is 0.480 e. The molecule has 0 unspecified atom stereocenters. The Hall–Kier alpha value is -5.10. The van der Waals surface area contributed by atoms with Crippen molar-refractivity contribution in [1.82, 2.24) is 9.97 Å². The number of benzene rings is 3. The number of nitrogens with two attached hydrogens (primary N) is 1. The fourth-order valence-corrected chi connectivity index (χ4v) is 5.48. The van der Waals surface area contributed by atoms with Crippen LogP contribution in [0.25, 0.3) is 33.2 Å². The number of aromatic nitrogens is 2. The summed E-state index contributed by atoms with van der Waals surface area (Å²) in [6, 6.07) is 17.7. The predicted octanol–water partition coefficient (Wildman–Crippen LogP) is 5.81. The summed E-state index contributed by atoms with van der Waals surface area (Å²) in [5.74, 6) is -2.38. The third kappa shape index (κ3) is 5.70. The molecule has 0 spiro atoms. The number of carbonyl (C=O) groups excluding carboxylic acids is 1. The van der Waals surface area contributed by atoms with Gasteiger partial charge in [-0.05, 0) is 66.6 Å². The molecule has 0 amide bonds. The topological polar surface area (TPSA) is 134 Å². The molecule has 0 aliphatic heterocycles. The Morgan fingerprint density at radius 2 is 1.79 bits per heavy atom. The molecule has 0 aliphatic rings. The van der Waals surface area contributed by atoms with Gasteiger partial charge in [0, 0.05) is 28.8 Å². The second-order valence-corrected chi connectivity index (χ2v) is 10.7. The molecule has 0 fully saturated rings. The number of hydrogen-bond acceptors (Lipinski definition) is 8. The molecule has 42 heavy (non-hydrogen) atoms. The molecule has 3 N–H and O–H groups in total. The fourth-order valence-electron chi connectivity index (χ4n) is 4.37. The number of methoxy groups -OCH3 is 1. The lowest BCUT2D eigenvalue weighted by Crippen LogP contribution is -2.15. The maximum Gasteiger partial charge on any atom is 0.338 e. The molecule has 2 aromatic heterocycles.